The minimum atomic E-state index is 0.00574. The molecule has 0 saturated carbocycles. The second-order valence-electron chi connectivity index (χ2n) is 14.5. The van der Waals surface area contributed by atoms with Crippen LogP contribution in [0.5, 0.6) is 0 Å². The summed E-state index contributed by atoms with van der Waals surface area (Å²) in [5.41, 5.74) is 12.6. The molecule has 0 aliphatic carbocycles. The van der Waals surface area contributed by atoms with E-state index >= 15 is 0 Å². The lowest BCUT2D eigenvalue weighted by atomic mass is 9.53. The van der Waals surface area contributed by atoms with Crippen molar-refractivity contribution in [2.24, 2.45) is 0 Å². The van der Waals surface area contributed by atoms with Gasteiger partial charge in [-0.3, -0.25) is 0 Å². The number of hydrogen-bond acceptors (Lipinski definition) is 2. The van der Waals surface area contributed by atoms with Crippen molar-refractivity contribution in [3.05, 3.63) is 82.3 Å². The Morgan fingerprint density at radius 1 is 0.730 bits per heavy atom. The molecule has 3 aliphatic rings. The highest BCUT2D eigenvalue weighted by Gasteiger charge is 2.54. The van der Waals surface area contributed by atoms with Crippen molar-refractivity contribution >= 4 is 24.1 Å². The Hall–Kier alpha value is -2.75. The molecule has 0 fully saturated rings. The minimum Gasteiger partial charge on any atom is -0.369 e. The van der Waals surface area contributed by atoms with Crippen LogP contribution < -0.4 is 9.62 Å². The lowest BCUT2D eigenvalue weighted by Crippen LogP contribution is -2.54. The van der Waals surface area contributed by atoms with Gasteiger partial charge in [-0.25, -0.2) is 4.58 Å². The molecular weight excluding hydrogens is 449 g/mol. The monoisotopic (exact) mass is 494 g/mol. The summed E-state index contributed by atoms with van der Waals surface area (Å²) in [7, 11) is 2.21. The molecule has 0 N–H and O–H groups in total. The molecule has 1 unspecified atom stereocenters. The van der Waals surface area contributed by atoms with Crippen molar-refractivity contribution in [2.75, 3.05) is 16.7 Å². The normalized spacial score (nSPS) is 19.1. The fourth-order valence-electron chi connectivity index (χ4n) is 6.37. The average Bonchev–Trinajstić information content (AvgIpc) is 3.37. The van der Waals surface area contributed by atoms with Crippen molar-refractivity contribution in [1.29, 1.82) is 0 Å². The zero-order valence-electron chi connectivity index (χ0n) is 25.1. The van der Waals surface area contributed by atoms with Crippen LogP contribution in [0.25, 0.3) is 0 Å². The van der Waals surface area contributed by atoms with Crippen molar-refractivity contribution in [1.82, 2.24) is 0 Å². The summed E-state index contributed by atoms with van der Waals surface area (Å²) in [6.07, 6.45) is 9.36. The zero-order chi connectivity index (χ0) is 27.2. The Kier molecular flexibility index (Phi) is 5.68. The van der Waals surface area contributed by atoms with Gasteiger partial charge in [0.2, 0.25) is 0 Å². The van der Waals surface area contributed by atoms with Crippen LogP contribution in [0.15, 0.2) is 48.9 Å². The maximum absolute atomic E-state index is 2.60. The molecular formula is C33H45BN3+. The summed E-state index contributed by atoms with van der Waals surface area (Å²) >= 11 is 0. The fraction of sp³-hybridized carbons (Fsp3) is 0.485. The number of aryl methyl sites for hydroxylation is 2. The first-order chi connectivity index (χ1) is 17.0. The molecule has 3 nitrogen and oxygen atoms in total. The van der Waals surface area contributed by atoms with E-state index in [2.05, 4.69) is 146 Å². The topological polar surface area (TPSA) is 9.49 Å². The summed E-state index contributed by atoms with van der Waals surface area (Å²) in [6, 6.07) is 9.55. The van der Waals surface area contributed by atoms with E-state index in [1.165, 1.54) is 50.5 Å². The third-order valence-corrected chi connectivity index (χ3v) is 8.44. The van der Waals surface area contributed by atoms with Crippen LogP contribution in [0, 0.1) is 13.8 Å². The molecule has 0 radical (unpaired) electrons. The molecule has 5 rings (SSSR count). The molecule has 2 aromatic rings. The van der Waals surface area contributed by atoms with E-state index in [0.717, 1.165) is 0 Å². The molecule has 3 aliphatic heterocycles. The van der Waals surface area contributed by atoms with E-state index in [1.54, 1.807) is 0 Å². The molecule has 2 aromatic carbocycles. The van der Waals surface area contributed by atoms with Crippen molar-refractivity contribution in [3.63, 3.8) is 0 Å². The number of fused-ring (bicyclic) bond motifs is 6. The van der Waals surface area contributed by atoms with E-state index in [-0.39, 0.29) is 29.0 Å². The van der Waals surface area contributed by atoms with Crippen LogP contribution in [0.3, 0.4) is 0 Å². The average molecular weight is 495 g/mol. The quantitative estimate of drug-likeness (QED) is 0.295. The van der Waals surface area contributed by atoms with Gasteiger partial charge in [0.05, 0.1) is 11.4 Å². The SMILES string of the molecule is Cc1ccc(C)c2c1C1=[N+](C)C=CC1B1N(c3c(C(C)(C)C)cc(C(C)(C)C)cc3C(C)(C)C)C=CN12. The predicted molar refractivity (Wildman–Crippen MR) is 161 cm³/mol. The van der Waals surface area contributed by atoms with Crippen LogP contribution in [-0.2, 0) is 16.2 Å². The summed E-state index contributed by atoms with van der Waals surface area (Å²) in [5, 5.41) is 0. The van der Waals surface area contributed by atoms with E-state index in [1.807, 2.05) is 0 Å². The van der Waals surface area contributed by atoms with Gasteiger partial charge in [0.15, 0.2) is 11.9 Å². The lowest BCUT2D eigenvalue weighted by Gasteiger charge is -2.42. The molecule has 3 heterocycles. The summed E-state index contributed by atoms with van der Waals surface area (Å²) in [6.45, 7) is 25.9. The number of benzene rings is 2. The first-order valence-corrected chi connectivity index (χ1v) is 13.8. The van der Waals surface area contributed by atoms with Crippen LogP contribution in [-0.4, -0.2) is 24.3 Å². The first kappa shape index (κ1) is 25.9. The number of rotatable bonds is 1. The highest BCUT2D eigenvalue weighted by molar-refractivity contribution is 6.77. The molecule has 0 saturated heterocycles. The summed E-state index contributed by atoms with van der Waals surface area (Å²) in [4.78, 5) is 5.15. The van der Waals surface area contributed by atoms with Gasteiger partial charge < -0.3 is 9.62 Å². The highest BCUT2D eigenvalue weighted by Crippen LogP contribution is 2.50. The zero-order valence-corrected chi connectivity index (χ0v) is 25.1. The van der Waals surface area contributed by atoms with Gasteiger partial charge in [0, 0.05) is 23.8 Å². The maximum atomic E-state index is 2.60. The van der Waals surface area contributed by atoms with Gasteiger partial charge in [0.1, 0.15) is 7.05 Å². The second kappa shape index (κ2) is 8.12. The van der Waals surface area contributed by atoms with Gasteiger partial charge in [0.25, 0.3) is 0 Å². The van der Waals surface area contributed by atoms with Gasteiger partial charge in [-0.1, -0.05) is 86.6 Å². The third kappa shape index (κ3) is 3.99. The van der Waals surface area contributed by atoms with E-state index in [4.69, 9.17) is 0 Å². The third-order valence-electron chi connectivity index (χ3n) is 8.44. The van der Waals surface area contributed by atoms with Crippen LogP contribution in [0.2, 0.25) is 5.82 Å². The number of anilines is 2. The number of allylic oxidation sites excluding steroid dienone is 1. The Morgan fingerprint density at radius 3 is 1.76 bits per heavy atom. The van der Waals surface area contributed by atoms with E-state index in [9.17, 15) is 0 Å². The highest BCUT2D eigenvalue weighted by atomic mass is 15.3. The molecule has 0 spiro atoms. The Bertz CT molecular complexity index is 1340. The van der Waals surface area contributed by atoms with Crippen LogP contribution in [0.4, 0.5) is 11.4 Å². The minimum absolute atomic E-state index is 0.00574. The molecule has 0 aromatic heterocycles. The largest absolute Gasteiger partial charge is 0.402 e. The lowest BCUT2D eigenvalue weighted by molar-refractivity contribution is -0.418. The molecule has 4 heteroatoms. The van der Waals surface area contributed by atoms with Crippen LogP contribution in [0.1, 0.15) is 95.7 Å². The fourth-order valence-corrected chi connectivity index (χ4v) is 6.37. The summed E-state index contributed by atoms with van der Waals surface area (Å²) < 4.78 is 2.35. The van der Waals surface area contributed by atoms with Gasteiger partial charge in [-0.2, -0.15) is 0 Å². The predicted octanol–water partition coefficient (Wildman–Crippen LogP) is 7.82. The molecule has 194 valence electrons. The van der Waals surface area contributed by atoms with Gasteiger partial charge in [-0.15, -0.1) is 0 Å². The summed E-state index contributed by atoms with van der Waals surface area (Å²) in [5.74, 6) is 0.288. The molecule has 37 heavy (non-hydrogen) atoms. The maximum Gasteiger partial charge on any atom is 0.402 e. The Labute approximate surface area is 225 Å². The standard InChI is InChI=1S/C33H45BN3/c1-21-13-14-22(2)28-27(21)30-26(15-16-35(30)12)34-36(28)17-18-37(34)29-24(32(6,7)8)19-23(31(3,4)5)20-25(29)33(9,10)11/h13-20,26H,1-12H3/q+1. The Morgan fingerprint density at radius 2 is 1.24 bits per heavy atom. The molecule has 0 amide bonds. The molecule has 0 bridgehead atoms. The number of nitrogens with zero attached hydrogens (tertiary/aromatic N) is 3. The first-order valence-electron chi connectivity index (χ1n) is 13.8. The van der Waals surface area contributed by atoms with Crippen LogP contribution >= 0.6 is 0 Å². The molecule has 1 atom stereocenters. The van der Waals surface area contributed by atoms with Crippen molar-refractivity contribution in [3.8, 4) is 0 Å². The van der Waals surface area contributed by atoms with Gasteiger partial charge >= 0.3 is 6.98 Å². The Balaban J connectivity index is 1.80. The van der Waals surface area contributed by atoms with E-state index in [0.29, 0.717) is 0 Å². The van der Waals surface area contributed by atoms with Crippen molar-refractivity contribution < 1.29 is 4.58 Å². The smallest absolute Gasteiger partial charge is 0.369 e. The number of hydrogen-bond donors (Lipinski definition) is 0. The van der Waals surface area contributed by atoms with E-state index < -0.39 is 0 Å². The van der Waals surface area contributed by atoms with Gasteiger partial charge in [-0.05, 0) is 64.0 Å². The van der Waals surface area contributed by atoms with Crippen molar-refractivity contribution in [2.45, 2.75) is 98.2 Å². The second-order valence-corrected chi connectivity index (χ2v) is 14.5.